The van der Waals surface area contributed by atoms with Crippen LogP contribution in [0.5, 0.6) is 0 Å². The summed E-state index contributed by atoms with van der Waals surface area (Å²) >= 11 is 0. The van der Waals surface area contributed by atoms with Crippen molar-refractivity contribution >= 4 is 23.6 Å². The van der Waals surface area contributed by atoms with Gasteiger partial charge in [-0.25, -0.2) is 0 Å². The zero-order valence-electron chi connectivity index (χ0n) is 14.7. The summed E-state index contributed by atoms with van der Waals surface area (Å²) in [6, 6.07) is 5.33. The third-order valence-corrected chi connectivity index (χ3v) is 6.19. The van der Waals surface area contributed by atoms with E-state index in [9.17, 15) is 19.2 Å². The van der Waals surface area contributed by atoms with Crippen LogP contribution in [0.1, 0.15) is 45.5 Å². The Morgan fingerprint density at radius 2 is 1.93 bits per heavy atom. The topological polar surface area (TPSA) is 108 Å². The summed E-state index contributed by atoms with van der Waals surface area (Å²) in [5.41, 5.74) is 1.59. The summed E-state index contributed by atoms with van der Waals surface area (Å²) in [4.78, 5) is 49.9. The lowest BCUT2D eigenvalue weighted by atomic mass is 9.80. The van der Waals surface area contributed by atoms with Crippen LogP contribution >= 0.6 is 0 Å². The molecule has 8 heteroatoms. The summed E-state index contributed by atoms with van der Waals surface area (Å²) in [6.45, 7) is 1.69. The monoisotopic (exact) mass is 368 g/mol. The van der Waals surface area contributed by atoms with Crippen LogP contribution < -0.4 is 16.0 Å². The third kappa shape index (κ3) is 2.51. The van der Waals surface area contributed by atoms with Crippen LogP contribution in [-0.2, 0) is 16.1 Å². The molecule has 4 heterocycles. The van der Waals surface area contributed by atoms with Crippen LogP contribution in [0.25, 0.3) is 0 Å². The number of fused-ring (bicyclic) bond motifs is 2. The SMILES string of the molecule is O=C1CCC(N2C(=O)c3ccc(CNC4C5CNC4C5)cc3C2=O)C(=O)N1. The molecule has 4 amide bonds. The first-order chi connectivity index (χ1) is 13.0. The molecular formula is C19H20N4O4. The second-order valence-corrected chi connectivity index (χ2v) is 7.74. The minimum atomic E-state index is -0.923. The molecule has 3 saturated heterocycles. The minimum Gasteiger partial charge on any atom is -0.312 e. The first kappa shape index (κ1) is 16.6. The lowest BCUT2D eigenvalue weighted by Gasteiger charge is -2.35. The van der Waals surface area contributed by atoms with Gasteiger partial charge in [0, 0.05) is 25.0 Å². The molecule has 3 N–H and O–H groups in total. The number of hydrogen-bond donors (Lipinski definition) is 3. The first-order valence-electron chi connectivity index (χ1n) is 9.34. The number of rotatable bonds is 4. The minimum absolute atomic E-state index is 0.122. The molecule has 0 radical (unpaired) electrons. The van der Waals surface area contributed by atoms with Crippen molar-refractivity contribution in [2.45, 2.75) is 43.9 Å². The summed E-state index contributed by atoms with van der Waals surface area (Å²) in [6.07, 6.45) is 1.51. The highest BCUT2D eigenvalue weighted by molar-refractivity contribution is 6.23. The largest absolute Gasteiger partial charge is 0.312 e. The normalized spacial score (nSPS) is 31.8. The molecule has 27 heavy (non-hydrogen) atoms. The number of carbonyl (C=O) groups excluding carboxylic acids is 4. The van der Waals surface area contributed by atoms with E-state index in [4.69, 9.17) is 0 Å². The maximum atomic E-state index is 12.8. The van der Waals surface area contributed by atoms with Gasteiger partial charge in [-0.05, 0) is 43.0 Å². The lowest BCUT2D eigenvalue weighted by Crippen LogP contribution is -2.54. The van der Waals surface area contributed by atoms with E-state index in [2.05, 4.69) is 16.0 Å². The molecule has 1 aliphatic carbocycles. The van der Waals surface area contributed by atoms with E-state index in [1.165, 1.54) is 6.42 Å². The number of piperidine rings is 1. The molecule has 0 aromatic heterocycles. The smallest absolute Gasteiger partial charge is 0.262 e. The number of benzene rings is 1. The Kier molecular flexibility index (Phi) is 3.66. The molecule has 0 spiro atoms. The van der Waals surface area contributed by atoms with E-state index in [0.29, 0.717) is 35.7 Å². The highest BCUT2D eigenvalue weighted by atomic mass is 16.2. The third-order valence-electron chi connectivity index (χ3n) is 6.19. The Hall–Kier alpha value is -2.58. The number of amides is 4. The summed E-state index contributed by atoms with van der Waals surface area (Å²) in [5, 5.41) is 9.19. The zero-order valence-corrected chi connectivity index (χ0v) is 14.7. The molecule has 1 aromatic rings. The van der Waals surface area contributed by atoms with Crippen molar-refractivity contribution in [2.24, 2.45) is 5.92 Å². The Morgan fingerprint density at radius 3 is 2.63 bits per heavy atom. The van der Waals surface area contributed by atoms with Crippen molar-refractivity contribution in [2.75, 3.05) is 6.54 Å². The van der Waals surface area contributed by atoms with Crippen LogP contribution in [0.2, 0.25) is 0 Å². The second-order valence-electron chi connectivity index (χ2n) is 7.74. The van der Waals surface area contributed by atoms with Crippen molar-refractivity contribution in [3.8, 4) is 0 Å². The Morgan fingerprint density at radius 1 is 1.11 bits per heavy atom. The van der Waals surface area contributed by atoms with E-state index in [1.807, 2.05) is 6.07 Å². The summed E-state index contributed by atoms with van der Waals surface area (Å²) in [5.74, 6) is -1.21. The molecule has 1 aromatic carbocycles. The maximum absolute atomic E-state index is 12.8. The van der Waals surface area contributed by atoms with Gasteiger partial charge in [-0.3, -0.25) is 29.4 Å². The predicted molar refractivity (Wildman–Crippen MR) is 93.6 cm³/mol. The molecule has 4 atom stereocenters. The molecule has 4 fully saturated rings. The van der Waals surface area contributed by atoms with Gasteiger partial charge in [-0.15, -0.1) is 0 Å². The highest BCUT2D eigenvalue weighted by Crippen LogP contribution is 2.34. The zero-order chi connectivity index (χ0) is 18.7. The average molecular weight is 368 g/mol. The standard InChI is InChI=1S/C19H20N4O4/c24-15-4-3-14(17(25)22-15)23-18(26)11-2-1-9(5-12(11)19(23)27)7-21-16-10-6-13(16)20-8-10/h1-2,5,10,13-14,16,20-21H,3-4,6-8H2,(H,22,24,25). The van der Waals surface area contributed by atoms with Crippen LogP contribution in [0.3, 0.4) is 0 Å². The summed E-state index contributed by atoms with van der Waals surface area (Å²) < 4.78 is 0. The van der Waals surface area contributed by atoms with Gasteiger partial charge in [-0.1, -0.05) is 6.07 Å². The first-order valence-corrected chi connectivity index (χ1v) is 9.34. The van der Waals surface area contributed by atoms with Gasteiger partial charge in [-0.2, -0.15) is 0 Å². The van der Waals surface area contributed by atoms with E-state index < -0.39 is 23.8 Å². The quantitative estimate of drug-likeness (QED) is 0.621. The van der Waals surface area contributed by atoms with Gasteiger partial charge in [0.2, 0.25) is 11.8 Å². The molecule has 4 unspecified atom stereocenters. The van der Waals surface area contributed by atoms with Crippen LogP contribution in [0, 0.1) is 5.92 Å². The van der Waals surface area contributed by atoms with Crippen molar-refractivity contribution in [3.05, 3.63) is 34.9 Å². The highest BCUT2D eigenvalue weighted by Gasteiger charge is 2.46. The van der Waals surface area contributed by atoms with Crippen LogP contribution in [0.4, 0.5) is 0 Å². The second kappa shape index (κ2) is 5.97. The Balaban J connectivity index is 1.33. The van der Waals surface area contributed by atoms with Gasteiger partial charge in [0.15, 0.2) is 0 Å². The number of carbonyl (C=O) groups is 4. The fourth-order valence-electron chi connectivity index (χ4n) is 4.65. The lowest BCUT2D eigenvalue weighted by molar-refractivity contribution is -0.136. The number of nitrogens with zero attached hydrogens (tertiary/aromatic N) is 1. The summed E-state index contributed by atoms with van der Waals surface area (Å²) in [7, 11) is 0. The van der Waals surface area contributed by atoms with Gasteiger partial charge in [0.05, 0.1) is 11.1 Å². The van der Waals surface area contributed by atoms with Crippen molar-refractivity contribution in [1.29, 1.82) is 0 Å². The Labute approximate surface area is 155 Å². The number of nitrogens with one attached hydrogen (secondary N) is 3. The average Bonchev–Trinajstić information content (AvgIpc) is 3.32. The van der Waals surface area contributed by atoms with Gasteiger partial charge in [0.25, 0.3) is 11.8 Å². The van der Waals surface area contributed by atoms with E-state index in [1.54, 1.807) is 12.1 Å². The molecule has 4 aliphatic heterocycles. The fourth-order valence-corrected chi connectivity index (χ4v) is 4.65. The van der Waals surface area contributed by atoms with Crippen molar-refractivity contribution in [3.63, 3.8) is 0 Å². The molecule has 5 aliphatic rings. The van der Waals surface area contributed by atoms with E-state index >= 15 is 0 Å². The van der Waals surface area contributed by atoms with Gasteiger partial charge < -0.3 is 10.6 Å². The fraction of sp³-hybridized carbons (Fsp3) is 0.474. The molecule has 8 nitrogen and oxygen atoms in total. The van der Waals surface area contributed by atoms with Gasteiger partial charge >= 0.3 is 0 Å². The van der Waals surface area contributed by atoms with Crippen LogP contribution in [0.15, 0.2) is 18.2 Å². The van der Waals surface area contributed by atoms with Crippen molar-refractivity contribution in [1.82, 2.24) is 20.9 Å². The Bertz CT molecular complexity index is 868. The van der Waals surface area contributed by atoms with E-state index in [0.717, 1.165) is 17.0 Å². The number of imide groups is 2. The maximum Gasteiger partial charge on any atom is 0.262 e. The molecule has 2 bridgehead atoms. The van der Waals surface area contributed by atoms with E-state index in [-0.39, 0.29) is 18.7 Å². The molecular weight excluding hydrogens is 348 g/mol. The molecule has 6 rings (SSSR count). The van der Waals surface area contributed by atoms with Crippen molar-refractivity contribution < 1.29 is 19.2 Å². The van der Waals surface area contributed by atoms with Gasteiger partial charge in [0.1, 0.15) is 6.04 Å². The number of hydrogen-bond acceptors (Lipinski definition) is 6. The predicted octanol–water partition coefficient (Wildman–Crippen LogP) is -0.462. The molecule has 140 valence electrons. The molecule has 1 saturated carbocycles. The van der Waals surface area contributed by atoms with Crippen LogP contribution in [-0.4, -0.2) is 53.2 Å².